The summed E-state index contributed by atoms with van der Waals surface area (Å²) in [6, 6.07) is 15.8. The van der Waals surface area contributed by atoms with Crippen LogP contribution in [0.3, 0.4) is 0 Å². The first-order valence-electron chi connectivity index (χ1n) is 8.31. The van der Waals surface area contributed by atoms with Crippen LogP contribution < -0.4 is 0 Å². The van der Waals surface area contributed by atoms with Crippen molar-refractivity contribution in [3.63, 3.8) is 0 Å². The Morgan fingerprint density at radius 2 is 1.32 bits per heavy atom. The van der Waals surface area contributed by atoms with Crippen molar-refractivity contribution in [2.45, 2.75) is 18.1 Å². The molecule has 0 radical (unpaired) electrons. The zero-order valence-electron chi connectivity index (χ0n) is 14.5. The third kappa shape index (κ3) is 3.89. The molecule has 0 N–H and O–H groups in total. The number of nitrogens with zero attached hydrogens (tertiary/aromatic N) is 1. The quantitative estimate of drug-likeness (QED) is 0.361. The Bertz CT molecular complexity index is 1000. The van der Waals surface area contributed by atoms with Crippen LogP contribution in [0.15, 0.2) is 72.8 Å². The highest BCUT2D eigenvalue weighted by atomic mass is 19.4. The van der Waals surface area contributed by atoms with Crippen molar-refractivity contribution in [1.29, 1.82) is 0 Å². The number of hydrogen-bond donors (Lipinski definition) is 0. The molecule has 0 heterocycles. The molecule has 142 valence electrons. The van der Waals surface area contributed by atoms with Gasteiger partial charge < -0.3 is 0 Å². The molecule has 28 heavy (non-hydrogen) atoms. The van der Waals surface area contributed by atoms with Crippen LogP contribution in [0, 0.1) is 18.2 Å². The molecule has 0 saturated heterocycles. The summed E-state index contributed by atoms with van der Waals surface area (Å²) >= 11 is 0. The van der Waals surface area contributed by atoms with E-state index in [1.54, 1.807) is 30.3 Å². The minimum Gasteiger partial charge on any atom is -0.300 e. The Hall–Kier alpha value is -3.20. The van der Waals surface area contributed by atoms with Crippen molar-refractivity contribution in [3.8, 4) is 0 Å². The largest absolute Gasteiger partial charge is 0.416 e. The van der Waals surface area contributed by atoms with Crippen molar-refractivity contribution >= 4 is 0 Å². The molecular weight excluding hydrogens is 373 g/mol. The van der Waals surface area contributed by atoms with E-state index >= 15 is 0 Å². The Balaban J connectivity index is 2.26. The average molecular weight is 387 g/mol. The van der Waals surface area contributed by atoms with E-state index in [4.69, 9.17) is 6.57 Å². The van der Waals surface area contributed by atoms with Gasteiger partial charge in [-0.05, 0) is 48.0 Å². The molecule has 1 nitrogen and oxygen atoms in total. The van der Waals surface area contributed by atoms with Crippen LogP contribution in [0.1, 0.15) is 22.3 Å². The molecule has 0 aromatic heterocycles. The molecule has 0 bridgehead atoms. The van der Waals surface area contributed by atoms with Gasteiger partial charge in [-0.1, -0.05) is 30.3 Å². The van der Waals surface area contributed by atoms with Crippen LogP contribution >= 0.6 is 0 Å². The van der Waals surface area contributed by atoms with E-state index in [1.165, 1.54) is 12.1 Å². The maximum absolute atomic E-state index is 14.1. The minimum absolute atomic E-state index is 0.00369. The zero-order chi connectivity index (χ0) is 20.4. The summed E-state index contributed by atoms with van der Waals surface area (Å²) in [5.41, 5.74) is -1.99. The van der Waals surface area contributed by atoms with Gasteiger partial charge in [0.1, 0.15) is 11.6 Å². The van der Waals surface area contributed by atoms with Crippen LogP contribution in [-0.4, -0.2) is 0 Å². The summed E-state index contributed by atoms with van der Waals surface area (Å²) in [7, 11) is 0. The van der Waals surface area contributed by atoms with Gasteiger partial charge in [-0.15, -0.1) is 0 Å². The first-order valence-corrected chi connectivity index (χ1v) is 8.31. The van der Waals surface area contributed by atoms with Gasteiger partial charge in [-0.2, -0.15) is 13.2 Å². The maximum atomic E-state index is 14.1. The number of alkyl halides is 3. The van der Waals surface area contributed by atoms with Crippen LogP contribution in [0.2, 0.25) is 0 Å². The first-order chi connectivity index (χ1) is 13.2. The van der Waals surface area contributed by atoms with Crippen LogP contribution in [0.5, 0.6) is 0 Å². The smallest absolute Gasteiger partial charge is 0.300 e. The molecule has 0 spiro atoms. The van der Waals surface area contributed by atoms with Crippen molar-refractivity contribution in [3.05, 3.63) is 118 Å². The first kappa shape index (κ1) is 19.6. The molecule has 3 rings (SSSR count). The molecule has 0 saturated carbocycles. The van der Waals surface area contributed by atoms with Crippen molar-refractivity contribution in [2.75, 3.05) is 0 Å². The lowest BCUT2D eigenvalue weighted by atomic mass is 9.78. The Morgan fingerprint density at radius 1 is 0.714 bits per heavy atom. The molecule has 0 aliphatic carbocycles. The molecule has 0 aliphatic heterocycles. The lowest BCUT2D eigenvalue weighted by Crippen LogP contribution is -2.27. The summed E-state index contributed by atoms with van der Waals surface area (Å²) in [4.78, 5) is 3.64. The summed E-state index contributed by atoms with van der Waals surface area (Å²) in [6.45, 7) is 7.81. The van der Waals surface area contributed by atoms with E-state index in [2.05, 4.69) is 4.85 Å². The monoisotopic (exact) mass is 387 g/mol. The molecule has 0 aliphatic rings. The highest BCUT2D eigenvalue weighted by Crippen LogP contribution is 2.40. The molecule has 0 unspecified atom stereocenters. The van der Waals surface area contributed by atoms with Crippen molar-refractivity contribution in [1.82, 2.24) is 0 Å². The third-order valence-corrected chi connectivity index (χ3v) is 4.52. The Morgan fingerprint density at radius 3 is 1.89 bits per heavy atom. The molecular formula is C22H14F5N. The van der Waals surface area contributed by atoms with E-state index in [0.29, 0.717) is 11.6 Å². The second kappa shape index (κ2) is 7.43. The summed E-state index contributed by atoms with van der Waals surface area (Å²) in [5, 5.41) is 0. The fourth-order valence-corrected chi connectivity index (χ4v) is 3.15. The zero-order valence-corrected chi connectivity index (χ0v) is 14.5. The van der Waals surface area contributed by atoms with Gasteiger partial charge in [-0.3, -0.25) is 4.85 Å². The Kier molecular flexibility index (Phi) is 5.19. The second-order valence-corrected chi connectivity index (χ2v) is 6.37. The molecule has 0 fully saturated rings. The van der Waals surface area contributed by atoms with Gasteiger partial charge in [0.15, 0.2) is 0 Å². The van der Waals surface area contributed by atoms with Crippen LogP contribution in [0.25, 0.3) is 4.85 Å². The highest BCUT2D eigenvalue weighted by molar-refractivity contribution is 5.46. The maximum Gasteiger partial charge on any atom is 0.416 e. The number of benzene rings is 3. The number of halogens is 5. The average Bonchev–Trinajstić information content (AvgIpc) is 2.66. The van der Waals surface area contributed by atoms with Crippen molar-refractivity contribution < 1.29 is 22.0 Å². The predicted molar refractivity (Wildman–Crippen MR) is 95.3 cm³/mol. The van der Waals surface area contributed by atoms with E-state index < -0.39 is 28.9 Å². The number of hydrogen-bond acceptors (Lipinski definition) is 0. The molecule has 1 atom stereocenters. The van der Waals surface area contributed by atoms with Crippen LogP contribution in [0.4, 0.5) is 22.0 Å². The van der Waals surface area contributed by atoms with Crippen molar-refractivity contribution in [2.24, 2.45) is 0 Å². The fourth-order valence-electron chi connectivity index (χ4n) is 3.15. The molecule has 3 aromatic rings. The molecule has 3 aromatic carbocycles. The molecule has 6 heteroatoms. The van der Waals surface area contributed by atoms with E-state index in [-0.39, 0.29) is 17.5 Å². The normalized spacial score (nSPS) is 13.6. The van der Waals surface area contributed by atoms with E-state index in [0.717, 1.165) is 24.3 Å². The van der Waals surface area contributed by atoms with Gasteiger partial charge in [0.25, 0.3) is 5.54 Å². The fraction of sp³-hybridized carbons (Fsp3) is 0.136. The van der Waals surface area contributed by atoms with Crippen LogP contribution in [-0.2, 0) is 18.1 Å². The van der Waals surface area contributed by atoms with Gasteiger partial charge in [0.2, 0.25) is 0 Å². The SMILES string of the molecule is [C-]#[N+][C@@](Cc1ccccc1)(c1ccc(F)cc1)c1cc(F)cc(C(F)(F)F)c1. The molecule has 0 amide bonds. The van der Waals surface area contributed by atoms with E-state index in [9.17, 15) is 22.0 Å². The summed E-state index contributed by atoms with van der Waals surface area (Å²) in [6.07, 6.45) is -4.76. The minimum atomic E-state index is -4.76. The predicted octanol–water partition coefficient (Wildman–Crippen LogP) is 6.39. The topological polar surface area (TPSA) is 4.36 Å². The lowest BCUT2D eigenvalue weighted by molar-refractivity contribution is -0.137. The number of rotatable bonds is 4. The van der Waals surface area contributed by atoms with Gasteiger partial charge in [0.05, 0.1) is 12.0 Å². The summed E-state index contributed by atoms with van der Waals surface area (Å²) in [5.74, 6) is -1.63. The highest BCUT2D eigenvalue weighted by Gasteiger charge is 2.43. The summed E-state index contributed by atoms with van der Waals surface area (Å²) < 4.78 is 67.2. The second-order valence-electron chi connectivity index (χ2n) is 6.37. The lowest BCUT2D eigenvalue weighted by Gasteiger charge is -2.24. The van der Waals surface area contributed by atoms with E-state index in [1.807, 2.05) is 0 Å². The van der Waals surface area contributed by atoms with Gasteiger partial charge in [0, 0.05) is 11.1 Å². The van der Waals surface area contributed by atoms with Gasteiger partial charge in [-0.25, -0.2) is 15.4 Å². The standard InChI is InChI=1S/C22H14F5N/c1-28-21(14-15-5-3-2-4-6-15,16-7-9-19(23)10-8-16)17-11-18(22(25,26)27)13-20(24)12-17/h2-13H,14H2/t21-/m0/s1. The Labute approximate surface area is 158 Å². The van der Waals surface area contributed by atoms with Gasteiger partial charge >= 0.3 is 6.18 Å². The third-order valence-electron chi connectivity index (χ3n) is 4.52.